The van der Waals surface area contributed by atoms with E-state index in [-0.39, 0.29) is 18.6 Å². The Hall–Kier alpha value is -0.0800. The van der Waals surface area contributed by atoms with Crippen molar-refractivity contribution in [3.05, 3.63) is 6.42 Å². The van der Waals surface area contributed by atoms with E-state index in [2.05, 4.69) is 6.92 Å². The first-order valence-corrected chi connectivity index (χ1v) is 3.38. The maximum atomic E-state index is 9.14. The van der Waals surface area contributed by atoms with Crippen LogP contribution in [0, 0.1) is 18.3 Å². The lowest BCUT2D eigenvalue weighted by atomic mass is 10.1. The molecule has 1 unspecified atom stereocenters. The van der Waals surface area contributed by atoms with Crippen LogP contribution in [0.5, 0.6) is 0 Å². The van der Waals surface area contributed by atoms with Crippen LogP contribution in [0.1, 0.15) is 13.3 Å². The molecule has 1 fully saturated rings. The highest BCUT2D eigenvalue weighted by atomic mass is 16.3. The molecule has 0 bridgehead atoms. The Morgan fingerprint density at radius 3 is 2.56 bits per heavy atom. The van der Waals surface area contributed by atoms with Gasteiger partial charge in [0.15, 0.2) is 0 Å². The van der Waals surface area contributed by atoms with Gasteiger partial charge in [0.05, 0.1) is 6.10 Å². The van der Waals surface area contributed by atoms with E-state index in [1.807, 2.05) is 6.42 Å². The molecular formula is C7H13O2. The Morgan fingerprint density at radius 2 is 2.33 bits per heavy atom. The van der Waals surface area contributed by atoms with Gasteiger partial charge in [-0.25, -0.2) is 0 Å². The normalized spacial score (nSPS) is 43.7. The Bertz CT molecular complexity index is 92.9. The highest BCUT2D eigenvalue weighted by molar-refractivity contribution is 4.94. The van der Waals surface area contributed by atoms with Gasteiger partial charge in [-0.3, -0.25) is 0 Å². The first-order valence-electron chi connectivity index (χ1n) is 3.38. The summed E-state index contributed by atoms with van der Waals surface area (Å²) in [5.74, 6) is 0.567. The minimum atomic E-state index is -0.370. The van der Waals surface area contributed by atoms with Gasteiger partial charge in [0.2, 0.25) is 0 Å². The van der Waals surface area contributed by atoms with Gasteiger partial charge in [0.25, 0.3) is 0 Å². The predicted octanol–water partition coefficient (Wildman–Crippen LogP) is 0.200. The van der Waals surface area contributed by atoms with Crippen LogP contribution in [-0.2, 0) is 0 Å². The maximum absolute atomic E-state index is 9.14. The van der Waals surface area contributed by atoms with E-state index < -0.39 is 0 Å². The van der Waals surface area contributed by atoms with Crippen LogP contribution in [-0.4, -0.2) is 22.9 Å². The second kappa shape index (κ2) is 2.67. The van der Waals surface area contributed by atoms with E-state index in [1.165, 1.54) is 0 Å². The molecule has 1 radical (unpaired) electrons. The summed E-state index contributed by atoms with van der Waals surface area (Å²) < 4.78 is 0. The molecular weight excluding hydrogens is 116 g/mol. The maximum Gasteiger partial charge on any atom is 0.0624 e. The average molecular weight is 129 g/mol. The molecule has 1 saturated carbocycles. The molecule has 0 saturated heterocycles. The van der Waals surface area contributed by atoms with Crippen molar-refractivity contribution in [2.75, 3.05) is 6.61 Å². The predicted molar refractivity (Wildman–Crippen MR) is 34.7 cm³/mol. The summed E-state index contributed by atoms with van der Waals surface area (Å²) in [7, 11) is 0. The van der Waals surface area contributed by atoms with E-state index >= 15 is 0 Å². The summed E-state index contributed by atoms with van der Waals surface area (Å²) in [4.78, 5) is 0. The SMILES string of the molecule is C[C@H]1[CH]C(O)[C@@H](CO)C1. The van der Waals surface area contributed by atoms with Crippen molar-refractivity contribution in [3.8, 4) is 0 Å². The van der Waals surface area contributed by atoms with Crippen LogP contribution in [0.25, 0.3) is 0 Å². The van der Waals surface area contributed by atoms with E-state index in [0.29, 0.717) is 5.92 Å². The van der Waals surface area contributed by atoms with Crippen LogP contribution in [0.4, 0.5) is 0 Å². The van der Waals surface area contributed by atoms with Gasteiger partial charge >= 0.3 is 0 Å². The van der Waals surface area contributed by atoms with Gasteiger partial charge < -0.3 is 10.2 Å². The fraction of sp³-hybridized carbons (Fsp3) is 0.857. The quantitative estimate of drug-likeness (QED) is 0.531. The Kier molecular flexibility index (Phi) is 2.09. The van der Waals surface area contributed by atoms with E-state index in [9.17, 15) is 0 Å². The molecule has 0 aliphatic heterocycles. The number of aliphatic hydroxyl groups excluding tert-OH is 2. The van der Waals surface area contributed by atoms with Crippen LogP contribution < -0.4 is 0 Å². The molecule has 0 spiro atoms. The standard InChI is InChI=1S/C7H13O2/c1-5-2-6(4-8)7(9)3-5/h3,5-9H,2,4H2,1H3/t5-,6-,7?/m1/s1. The molecule has 1 aliphatic carbocycles. The minimum Gasteiger partial charge on any atom is -0.396 e. The van der Waals surface area contributed by atoms with E-state index in [1.54, 1.807) is 0 Å². The van der Waals surface area contributed by atoms with Gasteiger partial charge in [0, 0.05) is 12.5 Å². The zero-order valence-electron chi connectivity index (χ0n) is 5.62. The Balaban J connectivity index is 2.38. The van der Waals surface area contributed by atoms with Gasteiger partial charge in [-0.05, 0) is 18.8 Å². The van der Waals surface area contributed by atoms with Crippen LogP contribution in [0.3, 0.4) is 0 Å². The first-order chi connectivity index (χ1) is 4.24. The molecule has 53 valence electrons. The summed E-state index contributed by atoms with van der Waals surface area (Å²) in [5.41, 5.74) is 0. The smallest absolute Gasteiger partial charge is 0.0624 e. The molecule has 0 aromatic rings. The number of hydrogen-bond acceptors (Lipinski definition) is 2. The molecule has 9 heavy (non-hydrogen) atoms. The summed E-state index contributed by atoms with van der Waals surface area (Å²) in [6.45, 7) is 2.17. The highest BCUT2D eigenvalue weighted by Gasteiger charge is 2.29. The van der Waals surface area contributed by atoms with Gasteiger partial charge in [-0.1, -0.05) is 6.92 Å². The summed E-state index contributed by atoms with van der Waals surface area (Å²) in [6, 6.07) is 0. The van der Waals surface area contributed by atoms with Crippen molar-refractivity contribution in [2.45, 2.75) is 19.4 Å². The van der Waals surface area contributed by atoms with Crippen molar-refractivity contribution >= 4 is 0 Å². The van der Waals surface area contributed by atoms with Crippen molar-refractivity contribution in [3.63, 3.8) is 0 Å². The topological polar surface area (TPSA) is 40.5 Å². The number of hydrogen-bond donors (Lipinski definition) is 2. The average Bonchev–Trinajstić information content (AvgIpc) is 2.10. The molecule has 3 atom stereocenters. The Labute approximate surface area is 55.5 Å². The van der Waals surface area contributed by atoms with Crippen LogP contribution in [0.2, 0.25) is 0 Å². The van der Waals surface area contributed by atoms with E-state index in [0.717, 1.165) is 6.42 Å². The molecule has 0 aromatic carbocycles. The molecule has 2 heteroatoms. The lowest BCUT2D eigenvalue weighted by molar-refractivity contribution is 0.109. The molecule has 1 aliphatic rings. The lowest BCUT2D eigenvalue weighted by Gasteiger charge is -2.08. The summed E-state index contributed by atoms with van der Waals surface area (Å²) in [5, 5.41) is 17.8. The monoisotopic (exact) mass is 129 g/mol. The van der Waals surface area contributed by atoms with Gasteiger partial charge in [-0.2, -0.15) is 0 Å². The molecule has 0 heterocycles. The summed E-state index contributed by atoms with van der Waals surface area (Å²) >= 11 is 0. The zero-order valence-corrected chi connectivity index (χ0v) is 5.62. The Morgan fingerprint density at radius 1 is 1.67 bits per heavy atom. The van der Waals surface area contributed by atoms with Crippen molar-refractivity contribution < 1.29 is 10.2 Å². The van der Waals surface area contributed by atoms with Crippen LogP contribution >= 0.6 is 0 Å². The largest absolute Gasteiger partial charge is 0.396 e. The van der Waals surface area contributed by atoms with Crippen molar-refractivity contribution in [1.29, 1.82) is 0 Å². The molecule has 2 N–H and O–H groups in total. The molecule has 2 nitrogen and oxygen atoms in total. The number of rotatable bonds is 1. The third kappa shape index (κ3) is 1.43. The fourth-order valence-corrected chi connectivity index (χ4v) is 1.37. The number of aliphatic hydroxyl groups is 2. The molecule has 0 amide bonds. The highest BCUT2D eigenvalue weighted by Crippen LogP contribution is 2.28. The third-order valence-electron chi connectivity index (χ3n) is 1.92. The molecule has 1 rings (SSSR count). The first kappa shape index (κ1) is 7.03. The van der Waals surface area contributed by atoms with Gasteiger partial charge in [0.1, 0.15) is 0 Å². The summed E-state index contributed by atoms with van der Waals surface area (Å²) in [6.07, 6.45) is 2.45. The lowest BCUT2D eigenvalue weighted by Crippen LogP contribution is -2.16. The van der Waals surface area contributed by atoms with Crippen molar-refractivity contribution in [1.82, 2.24) is 0 Å². The second-order valence-electron chi connectivity index (χ2n) is 2.84. The second-order valence-corrected chi connectivity index (χ2v) is 2.84. The van der Waals surface area contributed by atoms with Crippen molar-refractivity contribution in [2.24, 2.45) is 11.8 Å². The minimum absolute atomic E-state index is 0.0972. The molecule has 0 aromatic heterocycles. The van der Waals surface area contributed by atoms with Gasteiger partial charge in [-0.15, -0.1) is 0 Å². The fourth-order valence-electron chi connectivity index (χ4n) is 1.37. The van der Waals surface area contributed by atoms with Crippen LogP contribution in [0.15, 0.2) is 0 Å². The van der Waals surface area contributed by atoms with E-state index in [4.69, 9.17) is 10.2 Å². The third-order valence-corrected chi connectivity index (χ3v) is 1.92. The zero-order chi connectivity index (χ0) is 6.85.